The van der Waals surface area contributed by atoms with Gasteiger partial charge in [0, 0.05) is 42.8 Å². The molecular weight excluding hydrogens is 567 g/mol. The minimum absolute atomic E-state index is 0.0796. The van der Waals surface area contributed by atoms with Gasteiger partial charge in [0.15, 0.2) is 5.54 Å². The summed E-state index contributed by atoms with van der Waals surface area (Å²) in [6.07, 6.45) is -10.9. The number of nitrogens with one attached hydrogen (secondary N) is 2. The van der Waals surface area contributed by atoms with E-state index >= 15 is 4.39 Å². The summed E-state index contributed by atoms with van der Waals surface area (Å²) in [5, 5.41) is 14.8. The van der Waals surface area contributed by atoms with E-state index < -0.39 is 72.4 Å². The van der Waals surface area contributed by atoms with Gasteiger partial charge in [-0.05, 0) is 41.0 Å². The van der Waals surface area contributed by atoms with E-state index in [2.05, 4.69) is 15.5 Å². The number of amides is 1. The lowest BCUT2D eigenvalue weighted by molar-refractivity contribution is -0.202. The van der Waals surface area contributed by atoms with Crippen molar-refractivity contribution in [3.05, 3.63) is 58.0 Å². The highest BCUT2D eigenvalue weighted by Crippen LogP contribution is 2.49. The molecule has 0 aliphatic carbocycles. The molecule has 1 aliphatic rings. The zero-order chi connectivity index (χ0) is 30.2. The average molecular weight is 591 g/mol. The lowest BCUT2D eigenvalue weighted by Gasteiger charge is -2.41. The van der Waals surface area contributed by atoms with Gasteiger partial charge in [-0.2, -0.15) is 36.1 Å². The normalized spacial score (nSPS) is 18.2. The predicted molar refractivity (Wildman–Crippen MR) is 128 cm³/mol. The number of hydrogen-bond donors (Lipinski definition) is 2. The van der Waals surface area contributed by atoms with E-state index in [-0.39, 0.29) is 22.9 Å². The maximum Gasteiger partial charge on any atom is 0.416 e. The van der Waals surface area contributed by atoms with Crippen LogP contribution in [0.5, 0.6) is 5.75 Å². The fraction of sp³-hybridized carbons (Fsp3) is 0.458. The van der Waals surface area contributed by atoms with E-state index in [1.54, 1.807) is 0 Å². The van der Waals surface area contributed by atoms with Gasteiger partial charge < -0.3 is 10.1 Å². The van der Waals surface area contributed by atoms with Crippen molar-refractivity contribution in [3.8, 4) is 5.75 Å². The van der Waals surface area contributed by atoms with Crippen molar-refractivity contribution in [3.63, 3.8) is 0 Å². The number of tetrazole rings is 1. The molecule has 222 valence electrons. The van der Waals surface area contributed by atoms with Crippen molar-refractivity contribution in [2.75, 3.05) is 6.61 Å². The van der Waals surface area contributed by atoms with Crippen LogP contribution in [0.4, 0.5) is 30.7 Å². The second-order valence-electron chi connectivity index (χ2n) is 9.81. The first-order valence-electron chi connectivity index (χ1n) is 12.3. The molecule has 0 saturated heterocycles. The largest absolute Gasteiger partial charge is 0.493 e. The van der Waals surface area contributed by atoms with Gasteiger partial charge >= 0.3 is 18.0 Å². The lowest BCUT2D eigenvalue weighted by atomic mass is 9.78. The molecule has 0 fully saturated rings. The van der Waals surface area contributed by atoms with Gasteiger partial charge in [0.2, 0.25) is 0 Å². The zero-order valence-corrected chi connectivity index (χ0v) is 21.6. The molecule has 4 rings (SSSR count). The van der Waals surface area contributed by atoms with Crippen molar-refractivity contribution in [1.29, 1.82) is 0 Å². The molecule has 0 spiro atoms. The molecule has 0 unspecified atom stereocenters. The standard InChI is InChI=1S/C24H24F7N7O3/c1-13(2)12-37-8-6-18(34-37)15-11-22(24(29,30)31,32-20(39)19(15)38-21(40)33-35-36-38)16-5-4-14(10-17(16)25)41-9-3-7-23(26,27)28/h4-6,8,10,13H,3,7,9,11-12H2,1-2H3,(H,32,39)(H,33,36,40)/t22-/m0/s1. The van der Waals surface area contributed by atoms with Gasteiger partial charge in [0.1, 0.15) is 17.3 Å². The third-order valence-electron chi connectivity index (χ3n) is 6.21. The van der Waals surface area contributed by atoms with E-state index in [9.17, 15) is 35.9 Å². The number of aromatic amines is 1. The second-order valence-corrected chi connectivity index (χ2v) is 9.81. The van der Waals surface area contributed by atoms with E-state index in [4.69, 9.17) is 4.74 Å². The number of carbonyl (C=O) groups is 1. The molecule has 1 atom stereocenters. The quantitative estimate of drug-likeness (QED) is 0.287. The van der Waals surface area contributed by atoms with Crippen LogP contribution in [-0.2, 0) is 16.9 Å². The van der Waals surface area contributed by atoms with Gasteiger partial charge in [0.25, 0.3) is 5.91 Å². The molecule has 2 N–H and O–H groups in total. The van der Waals surface area contributed by atoms with E-state index in [0.717, 1.165) is 12.1 Å². The Bertz CT molecular complexity index is 1500. The fourth-order valence-corrected chi connectivity index (χ4v) is 4.44. The van der Waals surface area contributed by atoms with Crippen molar-refractivity contribution in [2.24, 2.45) is 5.92 Å². The van der Waals surface area contributed by atoms with Crippen molar-refractivity contribution in [2.45, 2.75) is 57.5 Å². The highest BCUT2D eigenvalue weighted by Gasteiger charge is 2.61. The molecule has 1 aromatic carbocycles. The van der Waals surface area contributed by atoms with Crippen LogP contribution in [0.3, 0.4) is 0 Å². The van der Waals surface area contributed by atoms with Crippen LogP contribution >= 0.6 is 0 Å². The van der Waals surface area contributed by atoms with Crippen LogP contribution < -0.4 is 15.7 Å². The molecule has 0 bridgehead atoms. The minimum Gasteiger partial charge on any atom is -0.493 e. The van der Waals surface area contributed by atoms with E-state index in [0.29, 0.717) is 17.3 Å². The van der Waals surface area contributed by atoms with Crippen LogP contribution in [0.2, 0.25) is 0 Å². The van der Waals surface area contributed by atoms with Gasteiger partial charge in [-0.3, -0.25) is 9.48 Å². The van der Waals surface area contributed by atoms with Crippen molar-refractivity contribution < 1.29 is 40.3 Å². The Morgan fingerprint density at radius 1 is 1.12 bits per heavy atom. The smallest absolute Gasteiger partial charge is 0.416 e. The number of hydrogen-bond acceptors (Lipinski definition) is 6. The van der Waals surface area contributed by atoms with Gasteiger partial charge in [-0.25, -0.2) is 14.3 Å². The molecule has 1 amide bonds. The Labute approximate surface area is 227 Å². The number of carbonyl (C=O) groups excluding carboxylic acids is 1. The summed E-state index contributed by atoms with van der Waals surface area (Å²) in [6.45, 7) is 3.70. The van der Waals surface area contributed by atoms with Crippen LogP contribution in [-0.4, -0.2) is 54.9 Å². The zero-order valence-electron chi connectivity index (χ0n) is 21.6. The van der Waals surface area contributed by atoms with E-state index in [1.165, 1.54) is 16.9 Å². The molecule has 0 saturated carbocycles. The Kier molecular flexibility index (Phi) is 8.00. The summed E-state index contributed by atoms with van der Waals surface area (Å²) in [5.74, 6) is -3.01. The van der Waals surface area contributed by atoms with Gasteiger partial charge in [0.05, 0.1) is 12.3 Å². The highest BCUT2D eigenvalue weighted by molar-refractivity contribution is 6.22. The molecule has 2 aromatic heterocycles. The van der Waals surface area contributed by atoms with Crippen LogP contribution in [0.25, 0.3) is 11.3 Å². The second kappa shape index (κ2) is 11.0. The molecule has 1 aliphatic heterocycles. The van der Waals surface area contributed by atoms with E-state index in [1.807, 2.05) is 24.3 Å². The minimum atomic E-state index is -5.27. The third kappa shape index (κ3) is 6.27. The predicted octanol–water partition coefficient (Wildman–Crippen LogP) is 4.03. The molecule has 17 heteroatoms. The average Bonchev–Trinajstić information content (AvgIpc) is 3.48. The van der Waals surface area contributed by atoms with Gasteiger partial charge in [-0.1, -0.05) is 13.8 Å². The Morgan fingerprint density at radius 3 is 2.44 bits per heavy atom. The number of aromatic nitrogens is 6. The number of benzene rings is 1. The molecule has 0 radical (unpaired) electrons. The summed E-state index contributed by atoms with van der Waals surface area (Å²) in [4.78, 5) is 25.6. The SMILES string of the molecule is CC(C)Cn1ccc(C2=C(n3nn[nH]c3=O)C(=O)N[C@@](c3ccc(OCCCC(F)(F)F)cc3F)(C(F)(F)F)C2)n1. The maximum atomic E-state index is 15.3. The highest BCUT2D eigenvalue weighted by atomic mass is 19.4. The number of halogens is 7. The van der Waals surface area contributed by atoms with Crippen LogP contribution in [0.1, 0.15) is 44.4 Å². The number of alkyl halides is 6. The van der Waals surface area contributed by atoms with Gasteiger partial charge in [-0.15, -0.1) is 0 Å². The van der Waals surface area contributed by atoms with Crippen molar-refractivity contribution >= 4 is 17.2 Å². The Morgan fingerprint density at radius 2 is 1.85 bits per heavy atom. The first-order valence-corrected chi connectivity index (χ1v) is 12.3. The summed E-state index contributed by atoms with van der Waals surface area (Å²) < 4.78 is 104. The lowest BCUT2D eigenvalue weighted by Crippen LogP contribution is -2.59. The summed E-state index contributed by atoms with van der Waals surface area (Å²) >= 11 is 0. The summed E-state index contributed by atoms with van der Waals surface area (Å²) in [7, 11) is 0. The first-order chi connectivity index (χ1) is 19.1. The number of rotatable bonds is 9. The molecule has 3 heterocycles. The Balaban J connectivity index is 1.78. The number of nitrogens with zero attached hydrogens (tertiary/aromatic N) is 5. The maximum absolute atomic E-state index is 15.3. The van der Waals surface area contributed by atoms with Crippen LogP contribution in [0, 0.1) is 11.7 Å². The number of ether oxygens (including phenoxy) is 1. The Hall–Kier alpha value is -4.18. The molecular formula is C24H24F7N7O3. The van der Waals surface area contributed by atoms with Crippen LogP contribution in [0.15, 0.2) is 35.3 Å². The number of H-pyrrole nitrogens is 1. The first kappa shape index (κ1) is 29.8. The fourth-order valence-electron chi connectivity index (χ4n) is 4.44. The summed E-state index contributed by atoms with van der Waals surface area (Å²) in [6, 6.07) is 3.66. The molecule has 41 heavy (non-hydrogen) atoms. The topological polar surface area (TPSA) is 120 Å². The third-order valence-corrected chi connectivity index (χ3v) is 6.21. The van der Waals surface area contributed by atoms with Crippen molar-refractivity contribution in [1.82, 2.24) is 35.3 Å². The molecule has 10 nitrogen and oxygen atoms in total. The summed E-state index contributed by atoms with van der Waals surface area (Å²) in [5.41, 5.74) is -6.32. The monoisotopic (exact) mass is 591 g/mol. The molecule has 3 aromatic rings.